The minimum absolute atomic E-state index is 0.0555. The first-order valence-corrected chi connectivity index (χ1v) is 7.89. The number of nitro groups is 1. The zero-order valence-corrected chi connectivity index (χ0v) is 12.3. The van der Waals surface area contributed by atoms with Gasteiger partial charge in [-0.1, -0.05) is 24.3 Å². The van der Waals surface area contributed by atoms with E-state index in [2.05, 4.69) is 4.72 Å². The molecule has 2 aromatic carbocycles. The molecule has 1 N–H and O–H groups in total. The second-order valence-electron chi connectivity index (χ2n) is 4.31. The van der Waals surface area contributed by atoms with Gasteiger partial charge in [0, 0.05) is 18.7 Å². The molecule has 0 unspecified atom stereocenters. The smallest absolute Gasteiger partial charge is 0.270 e. The maximum atomic E-state index is 12.0. The lowest BCUT2D eigenvalue weighted by molar-refractivity contribution is -0.385. The summed E-state index contributed by atoms with van der Waals surface area (Å²) in [6.07, 6.45) is 0. The van der Waals surface area contributed by atoms with E-state index in [-0.39, 0.29) is 23.7 Å². The Morgan fingerprint density at radius 1 is 1.09 bits per heavy atom. The minimum atomic E-state index is -3.81. The molecule has 0 bridgehead atoms. The molecule has 22 heavy (non-hydrogen) atoms. The van der Waals surface area contributed by atoms with Gasteiger partial charge in [-0.05, 0) is 18.2 Å². The number of benzene rings is 2. The van der Waals surface area contributed by atoms with Crippen molar-refractivity contribution in [1.29, 1.82) is 0 Å². The van der Waals surface area contributed by atoms with Crippen LogP contribution in [0.2, 0.25) is 0 Å². The fourth-order valence-electron chi connectivity index (χ4n) is 1.71. The third-order valence-corrected chi connectivity index (χ3v) is 4.20. The lowest BCUT2D eigenvalue weighted by Gasteiger charge is -2.08. The van der Waals surface area contributed by atoms with E-state index in [1.54, 1.807) is 12.1 Å². The molecular formula is C14H14N2O5S. The van der Waals surface area contributed by atoms with Gasteiger partial charge in [0.2, 0.25) is 10.0 Å². The fourth-order valence-corrected chi connectivity index (χ4v) is 2.76. The van der Waals surface area contributed by atoms with E-state index >= 15 is 0 Å². The van der Waals surface area contributed by atoms with Crippen molar-refractivity contribution in [3.8, 4) is 5.75 Å². The largest absolute Gasteiger partial charge is 0.492 e. The quantitative estimate of drug-likeness (QED) is 0.477. The van der Waals surface area contributed by atoms with Crippen LogP contribution in [0.3, 0.4) is 0 Å². The normalized spacial score (nSPS) is 11.1. The Labute approximate surface area is 127 Å². The first-order chi connectivity index (χ1) is 10.5. The summed E-state index contributed by atoms with van der Waals surface area (Å²) in [4.78, 5) is 9.87. The van der Waals surface area contributed by atoms with E-state index in [0.717, 1.165) is 6.07 Å². The van der Waals surface area contributed by atoms with E-state index in [1.807, 2.05) is 18.2 Å². The number of hydrogen-bond donors (Lipinski definition) is 1. The molecule has 0 saturated heterocycles. The molecule has 2 aromatic rings. The maximum absolute atomic E-state index is 12.0. The van der Waals surface area contributed by atoms with E-state index < -0.39 is 14.9 Å². The Hall–Kier alpha value is -2.45. The predicted octanol–water partition coefficient (Wildman–Crippen LogP) is 1.95. The van der Waals surface area contributed by atoms with Crippen LogP contribution >= 0.6 is 0 Å². The van der Waals surface area contributed by atoms with Crippen LogP contribution in [0.4, 0.5) is 5.69 Å². The third-order valence-electron chi connectivity index (χ3n) is 2.74. The molecule has 116 valence electrons. The van der Waals surface area contributed by atoms with Crippen LogP contribution < -0.4 is 9.46 Å². The van der Waals surface area contributed by atoms with Crippen molar-refractivity contribution in [2.45, 2.75) is 4.90 Å². The first-order valence-electron chi connectivity index (χ1n) is 6.41. The van der Waals surface area contributed by atoms with E-state index in [0.29, 0.717) is 5.75 Å². The Bertz CT molecular complexity index is 747. The molecule has 0 amide bonds. The Morgan fingerprint density at radius 2 is 1.82 bits per heavy atom. The molecule has 0 aliphatic carbocycles. The Morgan fingerprint density at radius 3 is 2.50 bits per heavy atom. The van der Waals surface area contributed by atoms with Crippen molar-refractivity contribution in [2.75, 3.05) is 13.2 Å². The molecule has 0 heterocycles. The van der Waals surface area contributed by atoms with Gasteiger partial charge < -0.3 is 4.74 Å². The lowest BCUT2D eigenvalue weighted by atomic mass is 10.3. The zero-order chi connectivity index (χ0) is 16.0. The van der Waals surface area contributed by atoms with E-state index in [4.69, 9.17) is 4.74 Å². The first kappa shape index (κ1) is 15.9. The summed E-state index contributed by atoms with van der Waals surface area (Å²) < 4.78 is 31.8. The predicted molar refractivity (Wildman–Crippen MR) is 80.2 cm³/mol. The average Bonchev–Trinajstić information content (AvgIpc) is 2.53. The third kappa shape index (κ3) is 4.27. The summed E-state index contributed by atoms with van der Waals surface area (Å²) in [5.74, 6) is 0.636. The molecule has 0 aliphatic heterocycles. The van der Waals surface area contributed by atoms with Crippen LogP contribution in [0.25, 0.3) is 0 Å². The standard InChI is InChI=1S/C14H14N2O5S/c17-16(18)12-5-4-8-14(11-12)22(19,20)15-9-10-21-13-6-2-1-3-7-13/h1-8,11,15H,9-10H2. The number of ether oxygens (including phenoxy) is 1. The van der Waals surface area contributed by atoms with Crippen molar-refractivity contribution in [2.24, 2.45) is 0 Å². The second kappa shape index (κ2) is 7.01. The van der Waals surface area contributed by atoms with Crippen LogP contribution in [0.15, 0.2) is 59.5 Å². The van der Waals surface area contributed by atoms with Crippen LogP contribution in [0.1, 0.15) is 0 Å². The summed E-state index contributed by atoms with van der Waals surface area (Å²) in [5, 5.41) is 10.7. The van der Waals surface area contributed by atoms with Crippen molar-refractivity contribution in [1.82, 2.24) is 4.72 Å². The van der Waals surface area contributed by atoms with E-state index in [1.165, 1.54) is 18.2 Å². The fraction of sp³-hybridized carbons (Fsp3) is 0.143. The summed E-state index contributed by atoms with van der Waals surface area (Å²) in [6.45, 7) is 0.206. The van der Waals surface area contributed by atoms with Gasteiger partial charge in [-0.3, -0.25) is 10.1 Å². The minimum Gasteiger partial charge on any atom is -0.492 e. The number of nitro benzene ring substituents is 1. The Balaban J connectivity index is 1.94. The van der Waals surface area contributed by atoms with Crippen molar-refractivity contribution in [3.63, 3.8) is 0 Å². The zero-order valence-electron chi connectivity index (χ0n) is 11.5. The number of nitrogens with one attached hydrogen (secondary N) is 1. The molecule has 0 radical (unpaired) electrons. The maximum Gasteiger partial charge on any atom is 0.270 e. The number of rotatable bonds is 7. The van der Waals surface area contributed by atoms with Crippen LogP contribution in [0.5, 0.6) is 5.75 Å². The van der Waals surface area contributed by atoms with Crippen LogP contribution in [-0.4, -0.2) is 26.5 Å². The number of para-hydroxylation sites is 1. The highest BCUT2D eigenvalue weighted by Crippen LogP contribution is 2.17. The summed E-state index contributed by atoms with van der Waals surface area (Å²) in [5.41, 5.74) is -0.275. The number of nitrogens with zero attached hydrogens (tertiary/aromatic N) is 1. The molecule has 2 rings (SSSR count). The monoisotopic (exact) mass is 322 g/mol. The molecular weight excluding hydrogens is 308 g/mol. The van der Waals surface area contributed by atoms with Gasteiger partial charge in [-0.2, -0.15) is 0 Å². The molecule has 0 aromatic heterocycles. The average molecular weight is 322 g/mol. The molecule has 0 aliphatic rings. The SMILES string of the molecule is O=[N+]([O-])c1cccc(S(=O)(=O)NCCOc2ccccc2)c1. The van der Waals surface area contributed by atoms with Crippen molar-refractivity contribution >= 4 is 15.7 Å². The Kier molecular flexibility index (Phi) is 5.08. The molecule has 0 atom stereocenters. The highest BCUT2D eigenvalue weighted by Gasteiger charge is 2.16. The van der Waals surface area contributed by atoms with Crippen molar-refractivity contribution < 1.29 is 18.1 Å². The summed E-state index contributed by atoms with van der Waals surface area (Å²) in [7, 11) is -3.81. The molecule has 0 spiro atoms. The molecule has 0 fully saturated rings. The van der Waals surface area contributed by atoms with Gasteiger partial charge in [-0.15, -0.1) is 0 Å². The lowest BCUT2D eigenvalue weighted by Crippen LogP contribution is -2.28. The van der Waals surface area contributed by atoms with E-state index in [9.17, 15) is 18.5 Å². The van der Waals surface area contributed by atoms with Gasteiger partial charge >= 0.3 is 0 Å². The van der Waals surface area contributed by atoms with Gasteiger partial charge in [0.15, 0.2) is 0 Å². The van der Waals surface area contributed by atoms with Crippen molar-refractivity contribution in [3.05, 3.63) is 64.7 Å². The van der Waals surface area contributed by atoms with Gasteiger partial charge in [-0.25, -0.2) is 13.1 Å². The summed E-state index contributed by atoms with van der Waals surface area (Å²) >= 11 is 0. The molecule has 7 nitrogen and oxygen atoms in total. The molecule has 8 heteroatoms. The highest BCUT2D eigenvalue weighted by atomic mass is 32.2. The number of non-ortho nitro benzene ring substituents is 1. The van der Waals surface area contributed by atoms with Crippen LogP contribution in [0, 0.1) is 10.1 Å². The van der Waals surface area contributed by atoms with Crippen LogP contribution in [-0.2, 0) is 10.0 Å². The van der Waals surface area contributed by atoms with Gasteiger partial charge in [0.05, 0.1) is 9.82 Å². The topological polar surface area (TPSA) is 98.5 Å². The number of sulfonamides is 1. The summed E-state index contributed by atoms with van der Waals surface area (Å²) in [6, 6.07) is 13.9. The van der Waals surface area contributed by atoms with Gasteiger partial charge in [0.1, 0.15) is 12.4 Å². The van der Waals surface area contributed by atoms with Gasteiger partial charge in [0.25, 0.3) is 5.69 Å². The second-order valence-corrected chi connectivity index (χ2v) is 6.08. The highest BCUT2D eigenvalue weighted by molar-refractivity contribution is 7.89. The molecule has 0 saturated carbocycles. The number of hydrogen-bond acceptors (Lipinski definition) is 5.